The maximum absolute atomic E-state index is 6.06. The quantitative estimate of drug-likeness (QED) is 0.672. The second-order valence-corrected chi connectivity index (χ2v) is 5.36. The van der Waals surface area contributed by atoms with Crippen LogP contribution < -0.4 is 4.74 Å². The van der Waals surface area contributed by atoms with E-state index >= 15 is 0 Å². The summed E-state index contributed by atoms with van der Waals surface area (Å²) in [6.07, 6.45) is 0. The molecule has 0 fully saturated rings. The number of benzene rings is 2. The van der Waals surface area contributed by atoms with Gasteiger partial charge >= 0.3 is 0 Å². The second kappa shape index (κ2) is 6.46. The maximum Gasteiger partial charge on any atom is 0.125 e. The highest BCUT2D eigenvalue weighted by Gasteiger charge is 2.07. The van der Waals surface area contributed by atoms with Gasteiger partial charge in [-0.3, -0.25) is 0 Å². The first-order valence-corrected chi connectivity index (χ1v) is 7.12. The molecule has 0 aliphatic heterocycles. The molecule has 0 unspecified atom stereocenters. The van der Waals surface area contributed by atoms with Crippen molar-refractivity contribution in [3.63, 3.8) is 0 Å². The summed E-state index contributed by atoms with van der Waals surface area (Å²) < 4.78 is 6.79. The van der Waals surface area contributed by atoms with Gasteiger partial charge in [-0.25, -0.2) is 0 Å². The van der Waals surface area contributed by atoms with Gasteiger partial charge in [-0.15, -0.1) is 11.6 Å². The topological polar surface area (TPSA) is 9.23 Å². The van der Waals surface area contributed by atoms with E-state index in [9.17, 15) is 0 Å². The molecule has 0 atom stereocenters. The lowest BCUT2D eigenvalue weighted by atomic mass is 10.2. The van der Waals surface area contributed by atoms with E-state index in [1.807, 2.05) is 42.5 Å². The van der Waals surface area contributed by atoms with E-state index in [-0.39, 0.29) is 0 Å². The minimum atomic E-state index is 0.341. The van der Waals surface area contributed by atoms with E-state index in [0.717, 1.165) is 21.3 Å². The number of alkyl halides is 1. The summed E-state index contributed by atoms with van der Waals surface area (Å²) in [5.41, 5.74) is 1.92. The summed E-state index contributed by atoms with van der Waals surface area (Å²) in [7, 11) is 0. The molecule has 0 heterocycles. The highest BCUT2D eigenvalue weighted by molar-refractivity contribution is 9.10. The minimum Gasteiger partial charge on any atom is -0.489 e. The highest BCUT2D eigenvalue weighted by atomic mass is 79.9. The van der Waals surface area contributed by atoms with Gasteiger partial charge in [0.25, 0.3) is 0 Å². The van der Waals surface area contributed by atoms with Gasteiger partial charge in [-0.1, -0.05) is 45.7 Å². The molecule has 0 bridgehead atoms. The first kappa shape index (κ1) is 13.7. The predicted molar refractivity (Wildman–Crippen MR) is 79.5 cm³/mol. The second-order valence-electron chi connectivity index (χ2n) is 3.77. The third-order valence-corrected chi connectivity index (χ3v) is 3.61. The van der Waals surface area contributed by atoms with E-state index in [4.69, 9.17) is 27.9 Å². The van der Waals surface area contributed by atoms with E-state index in [2.05, 4.69) is 15.9 Å². The molecule has 0 spiro atoms. The molecular weight excluding hydrogens is 335 g/mol. The van der Waals surface area contributed by atoms with Crippen LogP contribution in [0.2, 0.25) is 5.02 Å². The van der Waals surface area contributed by atoms with Crippen molar-refractivity contribution in [3.8, 4) is 5.75 Å². The highest BCUT2D eigenvalue weighted by Crippen LogP contribution is 2.28. The lowest BCUT2D eigenvalue weighted by Gasteiger charge is -2.11. The van der Waals surface area contributed by atoms with Crippen LogP contribution in [0, 0.1) is 0 Å². The van der Waals surface area contributed by atoms with E-state index in [1.54, 1.807) is 0 Å². The van der Waals surface area contributed by atoms with Gasteiger partial charge < -0.3 is 4.74 Å². The first-order valence-electron chi connectivity index (χ1n) is 5.41. The number of halogens is 3. The summed E-state index contributed by atoms with van der Waals surface area (Å²) in [5.74, 6) is 1.07. The van der Waals surface area contributed by atoms with Gasteiger partial charge in [-0.05, 0) is 29.8 Å². The smallest absolute Gasteiger partial charge is 0.125 e. The zero-order valence-corrected chi connectivity index (χ0v) is 12.6. The molecule has 0 saturated carbocycles. The Labute approximate surface area is 125 Å². The fourth-order valence-corrected chi connectivity index (χ4v) is 2.62. The number of hydrogen-bond acceptors (Lipinski definition) is 1. The maximum atomic E-state index is 6.06. The van der Waals surface area contributed by atoms with Gasteiger partial charge in [0.15, 0.2) is 0 Å². The van der Waals surface area contributed by atoms with Crippen LogP contribution >= 0.6 is 39.1 Å². The Balaban J connectivity index is 2.13. The van der Waals surface area contributed by atoms with Crippen LogP contribution in [0.4, 0.5) is 0 Å². The van der Waals surface area contributed by atoms with Crippen molar-refractivity contribution in [1.82, 2.24) is 0 Å². The van der Waals surface area contributed by atoms with E-state index < -0.39 is 0 Å². The van der Waals surface area contributed by atoms with Crippen LogP contribution in [0.3, 0.4) is 0 Å². The van der Waals surface area contributed by atoms with E-state index in [0.29, 0.717) is 17.5 Å². The molecular formula is C14H11BrCl2O. The van der Waals surface area contributed by atoms with Crippen molar-refractivity contribution in [1.29, 1.82) is 0 Å². The van der Waals surface area contributed by atoms with Crippen LogP contribution in [0.25, 0.3) is 0 Å². The summed E-state index contributed by atoms with van der Waals surface area (Å²) in [6.45, 7) is 0.490. The van der Waals surface area contributed by atoms with Gasteiger partial charge in [0.2, 0.25) is 0 Å². The third kappa shape index (κ3) is 3.41. The average Bonchev–Trinajstić information content (AvgIpc) is 2.36. The Morgan fingerprint density at radius 2 is 1.89 bits per heavy atom. The Morgan fingerprint density at radius 3 is 2.61 bits per heavy atom. The molecule has 18 heavy (non-hydrogen) atoms. The average molecular weight is 346 g/mol. The molecule has 0 aromatic heterocycles. The predicted octanol–water partition coefficient (Wildman–Crippen LogP) is 5.42. The van der Waals surface area contributed by atoms with Gasteiger partial charge in [0.05, 0.1) is 5.88 Å². The fourth-order valence-electron chi connectivity index (χ4n) is 1.59. The number of hydrogen-bond donors (Lipinski definition) is 0. The van der Waals surface area contributed by atoms with Gasteiger partial charge in [-0.2, -0.15) is 0 Å². The summed E-state index contributed by atoms with van der Waals surface area (Å²) in [4.78, 5) is 0. The molecule has 0 aliphatic rings. The van der Waals surface area contributed by atoms with E-state index in [1.165, 1.54) is 0 Å². The van der Waals surface area contributed by atoms with Crippen LogP contribution in [0.1, 0.15) is 11.1 Å². The van der Waals surface area contributed by atoms with Crippen LogP contribution in [0.15, 0.2) is 46.9 Å². The van der Waals surface area contributed by atoms with Crippen LogP contribution in [0.5, 0.6) is 5.75 Å². The normalized spacial score (nSPS) is 10.4. The molecule has 0 N–H and O–H groups in total. The molecule has 0 amide bonds. The molecule has 2 aromatic carbocycles. The monoisotopic (exact) mass is 344 g/mol. The summed E-state index contributed by atoms with van der Waals surface area (Å²) in [6, 6.07) is 13.5. The number of rotatable bonds is 4. The standard InChI is InChI=1S/C14H11BrCl2O/c15-11-4-1-3-10(7-11)9-18-14-6-2-5-13(17)12(14)8-16/h1-7H,8-9H2. The molecule has 1 nitrogen and oxygen atoms in total. The Bertz CT molecular complexity index is 543. The fraction of sp³-hybridized carbons (Fsp3) is 0.143. The lowest BCUT2D eigenvalue weighted by Crippen LogP contribution is -1.98. The molecule has 0 radical (unpaired) electrons. The lowest BCUT2D eigenvalue weighted by molar-refractivity contribution is 0.304. The van der Waals surface area contributed by atoms with Crippen molar-refractivity contribution < 1.29 is 4.74 Å². The molecule has 94 valence electrons. The molecule has 2 aromatic rings. The van der Waals surface area contributed by atoms with Crippen molar-refractivity contribution in [2.75, 3.05) is 0 Å². The molecule has 4 heteroatoms. The molecule has 0 saturated heterocycles. The van der Waals surface area contributed by atoms with Gasteiger partial charge in [0.1, 0.15) is 12.4 Å². The SMILES string of the molecule is ClCc1c(Cl)cccc1OCc1cccc(Br)c1. The summed E-state index contributed by atoms with van der Waals surface area (Å²) in [5, 5.41) is 0.636. The van der Waals surface area contributed by atoms with Gasteiger partial charge in [0, 0.05) is 15.1 Å². The minimum absolute atomic E-state index is 0.341. The largest absolute Gasteiger partial charge is 0.489 e. The molecule has 2 rings (SSSR count). The Hall–Kier alpha value is -0.700. The van der Waals surface area contributed by atoms with Crippen molar-refractivity contribution >= 4 is 39.1 Å². The Kier molecular flexibility index (Phi) is 4.93. The number of ether oxygens (including phenoxy) is 1. The first-order chi connectivity index (χ1) is 8.70. The summed E-state index contributed by atoms with van der Waals surface area (Å²) >= 11 is 15.4. The van der Waals surface area contributed by atoms with Crippen molar-refractivity contribution in [2.45, 2.75) is 12.5 Å². The van der Waals surface area contributed by atoms with Crippen molar-refractivity contribution in [2.24, 2.45) is 0 Å². The van der Waals surface area contributed by atoms with Crippen molar-refractivity contribution in [3.05, 3.63) is 63.1 Å². The third-order valence-electron chi connectivity index (χ3n) is 2.49. The van der Waals surface area contributed by atoms with Crippen LogP contribution in [-0.2, 0) is 12.5 Å². The molecule has 0 aliphatic carbocycles. The van der Waals surface area contributed by atoms with Crippen LogP contribution in [-0.4, -0.2) is 0 Å². The zero-order valence-electron chi connectivity index (χ0n) is 9.50. The zero-order chi connectivity index (χ0) is 13.0. The Morgan fingerprint density at radius 1 is 1.11 bits per heavy atom.